The summed E-state index contributed by atoms with van der Waals surface area (Å²) in [6.45, 7) is 0. The van der Waals surface area contributed by atoms with Gasteiger partial charge in [0.05, 0.1) is 16.6 Å². The molecule has 30 heavy (non-hydrogen) atoms. The monoisotopic (exact) mass is 414 g/mol. The molecule has 0 atom stereocenters. The number of nitrogens with one attached hydrogen (secondary N) is 1. The number of nitriles is 1. The van der Waals surface area contributed by atoms with Crippen LogP contribution in [-0.4, -0.2) is 21.9 Å². The van der Waals surface area contributed by atoms with Crippen molar-refractivity contribution in [2.45, 2.75) is 6.18 Å². The number of hydrogen-bond donors (Lipinski definition) is 1. The number of aromatic nitrogens is 2. The van der Waals surface area contributed by atoms with Crippen LogP contribution in [0.15, 0.2) is 54.7 Å². The van der Waals surface area contributed by atoms with Crippen LogP contribution in [0.25, 0.3) is 0 Å². The summed E-state index contributed by atoms with van der Waals surface area (Å²) in [5, 5.41) is 22.2. The summed E-state index contributed by atoms with van der Waals surface area (Å²) < 4.78 is 40.2. The topological polar surface area (TPSA) is 108 Å². The number of nitro groups is 1. The van der Waals surface area contributed by atoms with Gasteiger partial charge in [-0.15, -0.1) is 0 Å². The summed E-state index contributed by atoms with van der Waals surface area (Å²) in [6, 6.07) is 13.2. The van der Waals surface area contributed by atoms with E-state index in [1.54, 1.807) is 31.3 Å². The van der Waals surface area contributed by atoms with E-state index in [2.05, 4.69) is 15.3 Å². The molecule has 152 valence electrons. The van der Waals surface area contributed by atoms with E-state index in [1.807, 2.05) is 6.07 Å². The zero-order valence-electron chi connectivity index (χ0n) is 15.4. The average molecular weight is 414 g/mol. The van der Waals surface area contributed by atoms with Crippen molar-refractivity contribution in [2.24, 2.45) is 0 Å². The number of non-ortho nitro benzene ring substituents is 1. The van der Waals surface area contributed by atoms with Crippen molar-refractivity contribution in [1.82, 2.24) is 9.97 Å². The predicted octanol–water partition coefficient (Wildman–Crippen LogP) is 4.79. The van der Waals surface area contributed by atoms with Crippen LogP contribution in [0.3, 0.4) is 0 Å². The molecule has 0 saturated heterocycles. The number of benzene rings is 2. The number of rotatable bonds is 5. The highest BCUT2D eigenvalue weighted by Gasteiger charge is 2.35. The Hall–Kier alpha value is -4.20. The molecular weight excluding hydrogens is 401 g/mol. The molecule has 0 radical (unpaired) electrons. The maximum absolute atomic E-state index is 13.4. The van der Waals surface area contributed by atoms with Crippen molar-refractivity contribution in [2.75, 3.05) is 17.3 Å². The first kappa shape index (κ1) is 20.5. The van der Waals surface area contributed by atoms with Gasteiger partial charge in [-0.3, -0.25) is 10.1 Å². The summed E-state index contributed by atoms with van der Waals surface area (Å²) in [4.78, 5) is 19.4. The number of nitrogens with zero attached hydrogens (tertiary/aromatic N) is 5. The second kappa shape index (κ2) is 8.04. The fraction of sp³-hybridized carbons (Fsp3) is 0.105. The van der Waals surface area contributed by atoms with Crippen molar-refractivity contribution in [3.05, 3.63) is 76.0 Å². The van der Waals surface area contributed by atoms with Crippen LogP contribution < -0.4 is 10.2 Å². The van der Waals surface area contributed by atoms with Gasteiger partial charge in [-0.2, -0.15) is 23.4 Å². The quantitative estimate of drug-likeness (QED) is 0.472. The normalized spacial score (nSPS) is 10.9. The lowest BCUT2D eigenvalue weighted by Crippen LogP contribution is -2.17. The molecule has 0 aliphatic rings. The molecule has 8 nitrogen and oxygen atoms in total. The van der Waals surface area contributed by atoms with Gasteiger partial charge in [-0.05, 0) is 36.4 Å². The molecule has 1 heterocycles. The third-order valence-electron chi connectivity index (χ3n) is 4.11. The van der Waals surface area contributed by atoms with Gasteiger partial charge in [-0.25, -0.2) is 4.98 Å². The van der Waals surface area contributed by atoms with Crippen LogP contribution in [0.1, 0.15) is 11.1 Å². The SMILES string of the molecule is CN(c1ccc(C#N)cc1)c1ncc(C(F)(F)F)c(Nc2ccc([N+](=O)[O-])cc2)n1. The maximum Gasteiger partial charge on any atom is 0.421 e. The first-order valence-corrected chi connectivity index (χ1v) is 8.38. The second-order valence-corrected chi connectivity index (χ2v) is 6.08. The number of anilines is 4. The molecule has 0 saturated carbocycles. The zero-order chi connectivity index (χ0) is 21.9. The summed E-state index contributed by atoms with van der Waals surface area (Å²) in [7, 11) is 1.57. The second-order valence-electron chi connectivity index (χ2n) is 6.08. The molecule has 0 amide bonds. The number of hydrogen-bond acceptors (Lipinski definition) is 7. The first-order chi connectivity index (χ1) is 14.2. The lowest BCUT2D eigenvalue weighted by atomic mass is 10.2. The molecule has 0 fully saturated rings. The Labute approximate surface area is 168 Å². The van der Waals surface area contributed by atoms with Gasteiger partial charge in [0.2, 0.25) is 5.95 Å². The van der Waals surface area contributed by atoms with Gasteiger partial charge in [0, 0.05) is 36.8 Å². The molecule has 1 aromatic heterocycles. The van der Waals surface area contributed by atoms with Crippen LogP contribution in [0.2, 0.25) is 0 Å². The Morgan fingerprint density at radius 3 is 2.30 bits per heavy atom. The molecule has 11 heteroatoms. The highest BCUT2D eigenvalue weighted by molar-refractivity contribution is 5.64. The lowest BCUT2D eigenvalue weighted by Gasteiger charge is -2.20. The first-order valence-electron chi connectivity index (χ1n) is 8.38. The van der Waals surface area contributed by atoms with Gasteiger partial charge in [0.25, 0.3) is 5.69 Å². The fourth-order valence-corrected chi connectivity index (χ4v) is 2.52. The van der Waals surface area contributed by atoms with E-state index in [0.29, 0.717) is 17.4 Å². The van der Waals surface area contributed by atoms with E-state index in [-0.39, 0.29) is 17.3 Å². The minimum atomic E-state index is -4.71. The highest BCUT2D eigenvalue weighted by atomic mass is 19.4. The minimum Gasteiger partial charge on any atom is -0.340 e. The largest absolute Gasteiger partial charge is 0.421 e. The summed E-state index contributed by atoms with van der Waals surface area (Å²) >= 11 is 0. The molecule has 3 aromatic rings. The maximum atomic E-state index is 13.4. The standard InChI is InChI=1S/C19H13F3N6O2/c1-27(14-6-2-12(10-23)3-7-14)18-24-11-16(19(20,21)22)17(26-18)25-13-4-8-15(9-5-13)28(29)30/h2-9,11H,1H3,(H,24,25,26). The Balaban J connectivity index is 1.97. The van der Waals surface area contributed by atoms with Crippen LogP contribution in [0.5, 0.6) is 0 Å². The summed E-state index contributed by atoms with van der Waals surface area (Å²) in [5.74, 6) is -0.515. The number of halogens is 3. The smallest absolute Gasteiger partial charge is 0.340 e. The molecule has 2 aromatic carbocycles. The van der Waals surface area contributed by atoms with Gasteiger partial charge < -0.3 is 10.2 Å². The molecule has 3 rings (SSSR count). The Morgan fingerprint density at radius 1 is 1.13 bits per heavy atom. The average Bonchev–Trinajstić information content (AvgIpc) is 2.73. The molecule has 0 bridgehead atoms. The van der Waals surface area contributed by atoms with E-state index in [1.165, 1.54) is 29.2 Å². The third-order valence-corrected chi connectivity index (χ3v) is 4.11. The van der Waals surface area contributed by atoms with E-state index in [0.717, 1.165) is 0 Å². The fourth-order valence-electron chi connectivity index (χ4n) is 2.52. The third kappa shape index (κ3) is 4.44. The van der Waals surface area contributed by atoms with E-state index in [4.69, 9.17) is 5.26 Å². The van der Waals surface area contributed by atoms with Crippen molar-refractivity contribution in [1.29, 1.82) is 5.26 Å². The molecule has 0 unspecified atom stereocenters. The van der Waals surface area contributed by atoms with E-state index >= 15 is 0 Å². The molecule has 0 aliphatic carbocycles. The molecule has 0 aliphatic heterocycles. The van der Waals surface area contributed by atoms with Crippen LogP contribution >= 0.6 is 0 Å². The van der Waals surface area contributed by atoms with Crippen molar-refractivity contribution < 1.29 is 18.1 Å². The predicted molar refractivity (Wildman–Crippen MR) is 103 cm³/mol. The zero-order valence-corrected chi connectivity index (χ0v) is 15.4. The number of alkyl halides is 3. The van der Waals surface area contributed by atoms with Crippen molar-refractivity contribution >= 4 is 28.8 Å². The molecular formula is C19H13F3N6O2. The molecule has 0 spiro atoms. The van der Waals surface area contributed by atoms with Gasteiger partial charge >= 0.3 is 6.18 Å². The van der Waals surface area contributed by atoms with E-state index < -0.39 is 22.5 Å². The Morgan fingerprint density at radius 2 is 1.77 bits per heavy atom. The summed E-state index contributed by atoms with van der Waals surface area (Å²) in [6.07, 6.45) is -4.05. The number of nitro benzene ring substituents is 1. The van der Waals surface area contributed by atoms with Gasteiger partial charge in [-0.1, -0.05) is 0 Å². The molecule has 1 N–H and O–H groups in total. The van der Waals surface area contributed by atoms with Gasteiger partial charge in [0.15, 0.2) is 0 Å². The van der Waals surface area contributed by atoms with Crippen molar-refractivity contribution in [3.63, 3.8) is 0 Å². The summed E-state index contributed by atoms with van der Waals surface area (Å²) in [5.41, 5.74) is -0.0915. The highest BCUT2D eigenvalue weighted by Crippen LogP contribution is 2.36. The van der Waals surface area contributed by atoms with Crippen LogP contribution in [0.4, 0.5) is 42.0 Å². The Bertz CT molecular complexity index is 1110. The lowest BCUT2D eigenvalue weighted by molar-refractivity contribution is -0.384. The van der Waals surface area contributed by atoms with Gasteiger partial charge in [0.1, 0.15) is 11.4 Å². The minimum absolute atomic E-state index is 0.0166. The van der Waals surface area contributed by atoms with Crippen LogP contribution in [-0.2, 0) is 6.18 Å². The van der Waals surface area contributed by atoms with E-state index in [9.17, 15) is 23.3 Å². The Kier molecular flexibility index (Phi) is 5.50. The van der Waals surface area contributed by atoms with Crippen LogP contribution in [0, 0.1) is 21.4 Å². The van der Waals surface area contributed by atoms with Crippen molar-refractivity contribution in [3.8, 4) is 6.07 Å².